The van der Waals surface area contributed by atoms with E-state index < -0.39 is 29.9 Å². The number of alkyl halides is 3. The molecule has 9 nitrogen and oxygen atoms in total. The number of hydrogen-bond acceptors (Lipinski definition) is 5. The molecule has 1 heterocycles. The van der Waals surface area contributed by atoms with Gasteiger partial charge in [-0.05, 0) is 55.0 Å². The average molecular weight is 613 g/mol. The van der Waals surface area contributed by atoms with Gasteiger partial charge in [0.25, 0.3) is 5.91 Å². The van der Waals surface area contributed by atoms with Crippen molar-refractivity contribution in [3.8, 4) is 5.75 Å². The Bertz CT molecular complexity index is 1470. The summed E-state index contributed by atoms with van der Waals surface area (Å²) in [6.07, 6.45) is -4.94. The van der Waals surface area contributed by atoms with Gasteiger partial charge in [0.05, 0.1) is 36.7 Å². The molecule has 1 aliphatic heterocycles. The van der Waals surface area contributed by atoms with Crippen LogP contribution in [0.1, 0.15) is 35.3 Å². The molecule has 0 unspecified atom stereocenters. The van der Waals surface area contributed by atoms with Crippen LogP contribution in [-0.2, 0) is 17.4 Å². The predicted octanol–water partition coefficient (Wildman–Crippen LogP) is 5.27. The molecule has 0 aromatic heterocycles. The lowest BCUT2D eigenvalue weighted by Crippen LogP contribution is -2.50. The maximum atomic E-state index is 13.7. The highest BCUT2D eigenvalue weighted by Gasteiger charge is 2.34. The van der Waals surface area contributed by atoms with Gasteiger partial charge in [0, 0.05) is 30.9 Å². The van der Waals surface area contributed by atoms with Crippen LogP contribution in [0.3, 0.4) is 0 Å². The van der Waals surface area contributed by atoms with Gasteiger partial charge in [0.1, 0.15) is 11.9 Å². The monoisotopic (exact) mass is 612 g/mol. The first-order valence-corrected chi connectivity index (χ1v) is 14.1. The molecule has 0 saturated heterocycles. The van der Waals surface area contributed by atoms with Crippen molar-refractivity contribution >= 4 is 29.2 Å². The summed E-state index contributed by atoms with van der Waals surface area (Å²) in [5.74, 6) is -0.672. The van der Waals surface area contributed by atoms with Crippen LogP contribution in [0.15, 0.2) is 72.8 Å². The second-order valence-corrected chi connectivity index (χ2v) is 10.9. The van der Waals surface area contributed by atoms with Gasteiger partial charge >= 0.3 is 12.2 Å². The summed E-state index contributed by atoms with van der Waals surface area (Å²) in [5.41, 5.74) is 0.798. The Morgan fingerprint density at radius 1 is 1.05 bits per heavy atom. The van der Waals surface area contributed by atoms with E-state index >= 15 is 0 Å². The molecule has 3 N–H and O–H groups in total. The third-order valence-electron chi connectivity index (χ3n) is 7.42. The van der Waals surface area contributed by atoms with Gasteiger partial charge in [0.15, 0.2) is 0 Å². The van der Waals surface area contributed by atoms with Crippen LogP contribution < -0.4 is 15.4 Å². The zero-order chi connectivity index (χ0) is 32.0. The van der Waals surface area contributed by atoms with Gasteiger partial charge in [-0.2, -0.15) is 13.2 Å². The molecule has 0 aliphatic carbocycles. The maximum absolute atomic E-state index is 13.7. The van der Waals surface area contributed by atoms with E-state index in [0.29, 0.717) is 5.69 Å². The number of halogens is 3. The molecule has 0 radical (unpaired) electrons. The van der Waals surface area contributed by atoms with Gasteiger partial charge in [-0.15, -0.1) is 0 Å². The number of carbonyl (C=O) groups is 3. The molecule has 4 rings (SSSR count). The number of aliphatic hydroxyl groups is 1. The Morgan fingerprint density at radius 3 is 2.34 bits per heavy atom. The first-order valence-electron chi connectivity index (χ1n) is 14.1. The number of likely N-dealkylation sites (N-methyl/N-ethyl adjacent to an activating group) is 1. The van der Waals surface area contributed by atoms with E-state index in [1.807, 2.05) is 37.3 Å². The topological polar surface area (TPSA) is 111 Å². The molecular formula is C32H35F3N4O5. The fourth-order valence-electron chi connectivity index (χ4n) is 4.82. The van der Waals surface area contributed by atoms with Crippen molar-refractivity contribution in [2.45, 2.75) is 38.6 Å². The summed E-state index contributed by atoms with van der Waals surface area (Å²) in [4.78, 5) is 42.2. The molecule has 0 fully saturated rings. The fourth-order valence-corrected chi connectivity index (χ4v) is 4.82. The molecule has 3 aromatic carbocycles. The van der Waals surface area contributed by atoms with Crippen LogP contribution in [0.4, 0.5) is 29.3 Å². The lowest BCUT2D eigenvalue weighted by atomic mass is 9.99. The van der Waals surface area contributed by atoms with Gasteiger partial charge in [0.2, 0.25) is 5.91 Å². The second kappa shape index (κ2) is 13.8. The number of carbonyl (C=O) groups excluding carboxylic acids is 3. The van der Waals surface area contributed by atoms with Crippen LogP contribution in [0.5, 0.6) is 5.75 Å². The molecule has 0 bridgehead atoms. The normalized spacial score (nSPS) is 17.4. The third-order valence-corrected chi connectivity index (χ3v) is 7.42. The summed E-state index contributed by atoms with van der Waals surface area (Å²) < 4.78 is 45.0. The molecule has 0 saturated carbocycles. The Morgan fingerprint density at radius 2 is 1.70 bits per heavy atom. The van der Waals surface area contributed by atoms with Crippen molar-refractivity contribution in [3.63, 3.8) is 0 Å². The molecule has 3 aromatic rings. The van der Waals surface area contributed by atoms with Crippen molar-refractivity contribution in [3.05, 3.63) is 89.5 Å². The number of nitrogens with zero attached hydrogens (tertiary/aromatic N) is 2. The molecule has 234 valence electrons. The minimum absolute atomic E-state index is 0.0815. The van der Waals surface area contributed by atoms with Crippen molar-refractivity contribution in [1.82, 2.24) is 9.80 Å². The second-order valence-electron chi connectivity index (χ2n) is 10.9. The number of amides is 4. The van der Waals surface area contributed by atoms with E-state index in [1.54, 1.807) is 19.1 Å². The smallest absolute Gasteiger partial charge is 0.416 e. The maximum Gasteiger partial charge on any atom is 0.416 e. The Balaban J connectivity index is 1.52. The molecule has 12 heteroatoms. The van der Waals surface area contributed by atoms with E-state index in [2.05, 4.69) is 10.6 Å². The molecule has 44 heavy (non-hydrogen) atoms. The summed E-state index contributed by atoms with van der Waals surface area (Å²) in [7, 11) is 1.53. The highest BCUT2D eigenvalue weighted by atomic mass is 19.4. The number of aliphatic hydroxyl groups excluding tert-OH is 1. The minimum atomic E-state index is -4.49. The molecule has 3 atom stereocenters. The van der Waals surface area contributed by atoms with Gasteiger partial charge in [-0.25, -0.2) is 4.79 Å². The quantitative estimate of drug-likeness (QED) is 0.321. The Hall–Kier alpha value is -4.58. The van der Waals surface area contributed by atoms with Gasteiger partial charge < -0.3 is 30.3 Å². The first-order chi connectivity index (χ1) is 20.8. The molecule has 1 aliphatic rings. The fraction of sp³-hybridized carbons (Fsp3) is 0.344. The van der Waals surface area contributed by atoms with Crippen LogP contribution in [0.25, 0.3) is 0 Å². The van der Waals surface area contributed by atoms with Crippen molar-refractivity contribution in [1.29, 1.82) is 0 Å². The largest absolute Gasteiger partial charge is 0.487 e. The SMILES string of the molecule is C[C@@H]1CN([C@@H](C)CO)C(=O)c2cc(NC(=O)Cc3ccccc3)ccc2O[C@@H]1CN(C)C(=O)Nc1ccc(C(F)(F)F)cc1. The standard InChI is InChI=1S/C32H35F3N4O5/c1-20-17-39(21(2)19-40)30(42)26-16-25(36-29(41)15-22-7-5-4-6-8-22)13-14-27(26)44-28(20)18-38(3)31(43)37-24-11-9-23(10-12-24)32(33,34)35/h4-14,16,20-21,28,40H,15,17-19H2,1-3H3,(H,36,41)(H,37,43)/t20-,21+,28-/m1/s1. The summed E-state index contributed by atoms with van der Waals surface area (Å²) in [6, 6.07) is 17.0. The molecule has 0 spiro atoms. The number of urea groups is 1. The van der Waals surface area contributed by atoms with Crippen LogP contribution in [0.2, 0.25) is 0 Å². The summed E-state index contributed by atoms with van der Waals surface area (Å²) in [6.45, 7) is 3.60. The van der Waals surface area contributed by atoms with Crippen molar-refractivity contribution < 1.29 is 37.4 Å². The highest BCUT2D eigenvalue weighted by Crippen LogP contribution is 2.32. The van der Waals surface area contributed by atoms with Crippen LogP contribution >= 0.6 is 0 Å². The van der Waals surface area contributed by atoms with Crippen LogP contribution in [-0.4, -0.2) is 71.6 Å². The van der Waals surface area contributed by atoms with Gasteiger partial charge in [-0.3, -0.25) is 9.59 Å². The lowest BCUT2D eigenvalue weighted by molar-refractivity contribution is -0.137. The number of benzene rings is 3. The molecular weight excluding hydrogens is 577 g/mol. The number of hydrogen-bond donors (Lipinski definition) is 3. The zero-order valence-corrected chi connectivity index (χ0v) is 24.6. The number of nitrogens with one attached hydrogen (secondary N) is 2. The van der Waals surface area contributed by atoms with E-state index in [0.717, 1.165) is 17.7 Å². The van der Waals surface area contributed by atoms with Crippen molar-refractivity contribution in [2.24, 2.45) is 5.92 Å². The Kier molecular flexibility index (Phi) is 10.1. The van der Waals surface area contributed by atoms with E-state index in [-0.39, 0.29) is 60.8 Å². The first kappa shape index (κ1) is 32.3. The number of rotatable bonds is 8. The van der Waals surface area contributed by atoms with Gasteiger partial charge in [-0.1, -0.05) is 37.3 Å². The third kappa shape index (κ3) is 8.07. The average Bonchev–Trinajstić information content (AvgIpc) is 2.99. The Labute approximate surface area is 253 Å². The summed E-state index contributed by atoms with van der Waals surface area (Å²) >= 11 is 0. The molecule has 4 amide bonds. The van der Waals surface area contributed by atoms with E-state index in [1.165, 1.54) is 35.0 Å². The number of ether oxygens (including phenoxy) is 1. The lowest BCUT2D eigenvalue weighted by Gasteiger charge is -2.38. The highest BCUT2D eigenvalue weighted by molar-refractivity contribution is 6.00. The zero-order valence-electron chi connectivity index (χ0n) is 24.6. The van der Waals surface area contributed by atoms with E-state index in [4.69, 9.17) is 4.74 Å². The minimum Gasteiger partial charge on any atom is -0.487 e. The number of anilines is 2. The van der Waals surface area contributed by atoms with Crippen LogP contribution in [0, 0.1) is 5.92 Å². The predicted molar refractivity (Wildman–Crippen MR) is 159 cm³/mol. The van der Waals surface area contributed by atoms with Crippen molar-refractivity contribution in [2.75, 3.05) is 37.4 Å². The van der Waals surface area contributed by atoms with E-state index in [9.17, 15) is 32.7 Å². The number of fused-ring (bicyclic) bond motifs is 1. The summed E-state index contributed by atoms with van der Waals surface area (Å²) in [5, 5.41) is 15.3.